The lowest BCUT2D eigenvalue weighted by atomic mass is 10.2. The first-order valence-corrected chi connectivity index (χ1v) is 7.32. The molecule has 19 heavy (non-hydrogen) atoms. The van der Waals surface area contributed by atoms with Gasteiger partial charge in [0, 0.05) is 25.8 Å². The summed E-state index contributed by atoms with van der Waals surface area (Å²) in [5.74, 6) is 0.576. The van der Waals surface area contributed by atoms with E-state index < -0.39 is 10.0 Å². The molecule has 0 saturated heterocycles. The van der Waals surface area contributed by atoms with E-state index in [1.807, 2.05) is 0 Å². The monoisotopic (exact) mass is 288 g/mol. The lowest BCUT2D eigenvalue weighted by Crippen LogP contribution is -2.31. The number of nitrogens with two attached hydrogens (primary N) is 1. The van der Waals surface area contributed by atoms with Gasteiger partial charge in [0.05, 0.1) is 18.1 Å². The van der Waals surface area contributed by atoms with Crippen LogP contribution in [0.25, 0.3) is 0 Å². The summed E-state index contributed by atoms with van der Waals surface area (Å²) < 4.78 is 36.7. The van der Waals surface area contributed by atoms with Crippen molar-refractivity contribution in [1.82, 2.24) is 4.72 Å². The van der Waals surface area contributed by atoms with Crippen LogP contribution in [0.4, 0.5) is 0 Å². The highest BCUT2D eigenvalue weighted by molar-refractivity contribution is 7.89. The molecule has 0 aliphatic heterocycles. The first-order valence-electron chi connectivity index (χ1n) is 5.84. The first-order chi connectivity index (χ1) is 8.94. The minimum Gasteiger partial charge on any atom is -0.496 e. The molecule has 0 aliphatic rings. The molecule has 7 heteroatoms. The summed E-state index contributed by atoms with van der Waals surface area (Å²) >= 11 is 0. The van der Waals surface area contributed by atoms with E-state index in [4.69, 9.17) is 15.2 Å². The third kappa shape index (κ3) is 4.17. The van der Waals surface area contributed by atoms with Gasteiger partial charge in [0.1, 0.15) is 5.75 Å². The maximum absolute atomic E-state index is 12.1. The third-order valence-corrected chi connectivity index (χ3v) is 4.17. The molecule has 1 unspecified atom stereocenters. The zero-order valence-corrected chi connectivity index (χ0v) is 12.2. The smallest absolute Gasteiger partial charge is 0.240 e. The fourth-order valence-corrected chi connectivity index (χ4v) is 2.64. The second kappa shape index (κ2) is 6.85. The van der Waals surface area contributed by atoms with Gasteiger partial charge in [0.25, 0.3) is 0 Å². The Bertz CT molecular complexity index is 516. The number of ether oxygens (including phenoxy) is 2. The highest BCUT2D eigenvalue weighted by Crippen LogP contribution is 2.21. The highest BCUT2D eigenvalue weighted by atomic mass is 32.2. The Morgan fingerprint density at radius 2 is 2.05 bits per heavy atom. The molecule has 0 spiro atoms. The summed E-state index contributed by atoms with van der Waals surface area (Å²) in [5, 5.41) is 0. The fourth-order valence-electron chi connectivity index (χ4n) is 1.48. The van der Waals surface area contributed by atoms with E-state index in [0.717, 1.165) is 0 Å². The molecule has 6 nitrogen and oxygen atoms in total. The fraction of sp³-hybridized carbons (Fsp3) is 0.500. The Morgan fingerprint density at radius 3 is 2.58 bits per heavy atom. The van der Waals surface area contributed by atoms with Gasteiger partial charge in [-0.2, -0.15) is 0 Å². The zero-order valence-electron chi connectivity index (χ0n) is 11.3. The van der Waals surface area contributed by atoms with Gasteiger partial charge >= 0.3 is 0 Å². The molecule has 0 aromatic heterocycles. The van der Waals surface area contributed by atoms with Gasteiger partial charge < -0.3 is 15.2 Å². The average molecular weight is 288 g/mol. The molecule has 3 N–H and O–H groups in total. The van der Waals surface area contributed by atoms with Crippen LogP contribution in [-0.2, 0) is 21.3 Å². The molecule has 0 radical (unpaired) electrons. The quantitative estimate of drug-likeness (QED) is 0.761. The van der Waals surface area contributed by atoms with Crippen molar-refractivity contribution in [2.24, 2.45) is 5.73 Å². The van der Waals surface area contributed by atoms with Gasteiger partial charge in [-0.25, -0.2) is 13.1 Å². The van der Waals surface area contributed by atoms with Crippen molar-refractivity contribution >= 4 is 10.0 Å². The summed E-state index contributed by atoms with van der Waals surface area (Å²) in [6, 6.07) is 4.59. The van der Waals surface area contributed by atoms with E-state index in [-0.39, 0.29) is 24.1 Å². The Balaban J connectivity index is 2.95. The Labute approximate surface area is 113 Å². The number of hydrogen-bond donors (Lipinski definition) is 2. The summed E-state index contributed by atoms with van der Waals surface area (Å²) in [5.41, 5.74) is 6.21. The molecule has 1 atom stereocenters. The lowest BCUT2D eigenvalue weighted by Gasteiger charge is -2.13. The minimum atomic E-state index is -3.56. The molecule has 0 amide bonds. The van der Waals surface area contributed by atoms with E-state index in [2.05, 4.69) is 4.72 Å². The Morgan fingerprint density at radius 1 is 1.37 bits per heavy atom. The lowest BCUT2D eigenvalue weighted by molar-refractivity contribution is 0.122. The summed E-state index contributed by atoms with van der Waals surface area (Å²) in [6.07, 6.45) is -0.193. The van der Waals surface area contributed by atoms with Crippen LogP contribution < -0.4 is 15.2 Å². The maximum Gasteiger partial charge on any atom is 0.240 e. The number of methoxy groups -OCH3 is 2. The van der Waals surface area contributed by atoms with Crippen LogP contribution in [0.2, 0.25) is 0 Å². The molecule has 108 valence electrons. The van der Waals surface area contributed by atoms with E-state index in [1.54, 1.807) is 13.0 Å². The number of sulfonamides is 1. The van der Waals surface area contributed by atoms with Gasteiger partial charge in [0.15, 0.2) is 0 Å². The standard InChI is InChI=1S/C12H20N2O4S/c1-9(17-2)8-14-19(15,16)11-4-5-12(18-3)10(6-11)7-13/h4-6,9,14H,7-8,13H2,1-3H3. The van der Waals surface area contributed by atoms with Crippen LogP contribution in [-0.4, -0.2) is 35.3 Å². The van der Waals surface area contributed by atoms with Gasteiger partial charge in [-0.15, -0.1) is 0 Å². The second-order valence-corrected chi connectivity index (χ2v) is 5.84. The largest absolute Gasteiger partial charge is 0.496 e. The SMILES string of the molecule is COc1ccc(S(=O)(=O)NCC(C)OC)cc1CN. The van der Waals surface area contributed by atoms with Crippen molar-refractivity contribution in [2.75, 3.05) is 20.8 Å². The van der Waals surface area contributed by atoms with Gasteiger partial charge in [-0.05, 0) is 25.1 Å². The van der Waals surface area contributed by atoms with Crippen molar-refractivity contribution < 1.29 is 17.9 Å². The van der Waals surface area contributed by atoms with Gasteiger partial charge in [-0.3, -0.25) is 0 Å². The van der Waals surface area contributed by atoms with Crippen molar-refractivity contribution in [2.45, 2.75) is 24.5 Å². The molecule has 0 aliphatic carbocycles. The van der Waals surface area contributed by atoms with Crippen molar-refractivity contribution in [3.63, 3.8) is 0 Å². The zero-order chi connectivity index (χ0) is 14.5. The van der Waals surface area contributed by atoms with Crippen LogP contribution in [0.1, 0.15) is 12.5 Å². The molecule has 0 bridgehead atoms. The molecule has 0 heterocycles. The molecule has 1 aromatic carbocycles. The van der Waals surface area contributed by atoms with Gasteiger partial charge in [-0.1, -0.05) is 0 Å². The number of nitrogens with one attached hydrogen (secondary N) is 1. The first kappa shape index (κ1) is 15.9. The minimum absolute atomic E-state index is 0.164. The number of hydrogen-bond acceptors (Lipinski definition) is 5. The predicted molar refractivity (Wildman–Crippen MR) is 72.5 cm³/mol. The van der Waals surface area contributed by atoms with Crippen LogP contribution in [0.5, 0.6) is 5.75 Å². The molecular weight excluding hydrogens is 268 g/mol. The summed E-state index contributed by atoms with van der Waals surface area (Å²) in [7, 11) is -0.522. The molecule has 0 saturated carbocycles. The third-order valence-electron chi connectivity index (χ3n) is 2.75. The molecule has 0 fully saturated rings. The molecule has 1 rings (SSSR count). The van der Waals surface area contributed by atoms with E-state index in [9.17, 15) is 8.42 Å². The summed E-state index contributed by atoms with van der Waals surface area (Å²) in [6.45, 7) is 2.20. The van der Waals surface area contributed by atoms with Crippen LogP contribution >= 0.6 is 0 Å². The highest BCUT2D eigenvalue weighted by Gasteiger charge is 2.16. The molecular formula is C12H20N2O4S. The van der Waals surface area contributed by atoms with Crippen molar-refractivity contribution in [1.29, 1.82) is 0 Å². The Kier molecular flexibility index (Phi) is 5.74. The van der Waals surface area contributed by atoms with Crippen molar-refractivity contribution in [3.05, 3.63) is 23.8 Å². The van der Waals surface area contributed by atoms with Crippen LogP contribution in [0.3, 0.4) is 0 Å². The van der Waals surface area contributed by atoms with Crippen LogP contribution in [0.15, 0.2) is 23.1 Å². The second-order valence-electron chi connectivity index (χ2n) is 4.08. The number of rotatable bonds is 7. The maximum atomic E-state index is 12.1. The topological polar surface area (TPSA) is 90.7 Å². The van der Waals surface area contributed by atoms with Crippen LogP contribution in [0, 0.1) is 0 Å². The Hall–Kier alpha value is -1.15. The normalized spacial score (nSPS) is 13.3. The van der Waals surface area contributed by atoms with E-state index in [0.29, 0.717) is 11.3 Å². The molecule has 1 aromatic rings. The van der Waals surface area contributed by atoms with E-state index in [1.165, 1.54) is 26.4 Å². The van der Waals surface area contributed by atoms with Gasteiger partial charge in [0.2, 0.25) is 10.0 Å². The number of benzene rings is 1. The average Bonchev–Trinajstić information content (AvgIpc) is 2.43. The predicted octanol–water partition coefficient (Wildman–Crippen LogP) is 0.467. The summed E-state index contributed by atoms with van der Waals surface area (Å²) in [4.78, 5) is 0.164. The van der Waals surface area contributed by atoms with E-state index >= 15 is 0 Å². The van der Waals surface area contributed by atoms with Crippen molar-refractivity contribution in [3.8, 4) is 5.75 Å².